The zero-order valence-corrected chi connectivity index (χ0v) is 21.2. The molecular formula is C30H28N6O2. The van der Waals surface area contributed by atoms with Gasteiger partial charge in [0.15, 0.2) is 5.78 Å². The summed E-state index contributed by atoms with van der Waals surface area (Å²) in [6.45, 7) is 2.37. The number of carbonyl (C=O) groups is 2. The number of aromatic nitrogens is 4. The number of carbonyl (C=O) groups excluding carboxylic acids is 2. The van der Waals surface area contributed by atoms with Crippen molar-refractivity contribution in [2.45, 2.75) is 44.6 Å². The summed E-state index contributed by atoms with van der Waals surface area (Å²) in [4.78, 5) is 41.6. The van der Waals surface area contributed by atoms with Crippen molar-refractivity contribution in [3.63, 3.8) is 0 Å². The van der Waals surface area contributed by atoms with Gasteiger partial charge in [0, 0.05) is 42.0 Å². The largest absolute Gasteiger partial charge is 0.382 e. The van der Waals surface area contributed by atoms with Crippen LogP contribution in [0.15, 0.2) is 61.1 Å². The molecule has 4 aromatic rings. The Labute approximate surface area is 220 Å². The van der Waals surface area contributed by atoms with Gasteiger partial charge in [-0.25, -0.2) is 9.97 Å². The number of fused-ring (bicyclic) bond motifs is 4. The average molecular weight is 505 g/mol. The number of hydrogen-bond donors (Lipinski definition) is 1. The van der Waals surface area contributed by atoms with Crippen LogP contribution in [0.4, 0.5) is 5.82 Å². The molecule has 7 rings (SSSR count). The molecular weight excluding hydrogens is 476 g/mol. The molecule has 0 spiro atoms. The first-order valence-electron chi connectivity index (χ1n) is 12.9. The number of pyridine rings is 1. The number of nitrogens with zero attached hydrogens (tertiary/aromatic N) is 5. The molecule has 3 fully saturated rings. The number of benzene rings is 1. The minimum atomic E-state index is -0.552. The van der Waals surface area contributed by atoms with E-state index in [0.717, 1.165) is 42.8 Å². The molecule has 0 atom stereocenters. The maximum Gasteiger partial charge on any atom is 0.299 e. The van der Waals surface area contributed by atoms with Crippen LogP contribution in [0.3, 0.4) is 0 Å². The molecule has 2 saturated heterocycles. The lowest BCUT2D eigenvalue weighted by Gasteiger charge is -2.53. The highest BCUT2D eigenvalue weighted by atomic mass is 16.2. The zero-order chi connectivity index (χ0) is 26.3. The molecule has 3 aromatic heterocycles. The van der Waals surface area contributed by atoms with Crippen LogP contribution < -0.4 is 5.73 Å². The summed E-state index contributed by atoms with van der Waals surface area (Å²) in [6, 6.07) is 13.0. The van der Waals surface area contributed by atoms with Gasteiger partial charge in [0.05, 0.1) is 6.42 Å². The van der Waals surface area contributed by atoms with Crippen LogP contribution in [-0.4, -0.2) is 42.5 Å². The van der Waals surface area contributed by atoms with Crippen LogP contribution in [0.1, 0.15) is 54.5 Å². The van der Waals surface area contributed by atoms with Gasteiger partial charge in [-0.05, 0) is 56.6 Å². The molecule has 2 N–H and O–H groups in total. The second-order valence-electron chi connectivity index (χ2n) is 10.1. The fourth-order valence-electron chi connectivity index (χ4n) is 6.01. The van der Waals surface area contributed by atoms with E-state index in [1.165, 1.54) is 0 Å². The Morgan fingerprint density at radius 2 is 1.87 bits per heavy atom. The third kappa shape index (κ3) is 3.91. The Hall–Kier alpha value is -4.51. The minimum Gasteiger partial charge on any atom is -0.382 e. The Morgan fingerprint density at radius 3 is 2.58 bits per heavy atom. The highest BCUT2D eigenvalue weighted by Gasteiger charge is 2.52. The van der Waals surface area contributed by atoms with Crippen LogP contribution in [0, 0.1) is 17.8 Å². The zero-order valence-electron chi connectivity index (χ0n) is 21.2. The number of nitrogens with two attached hydrogens (primary N) is 1. The number of imidazole rings is 1. The van der Waals surface area contributed by atoms with Gasteiger partial charge in [0.2, 0.25) is 0 Å². The fraction of sp³-hybridized carbons (Fsp3) is 0.300. The monoisotopic (exact) mass is 504 g/mol. The van der Waals surface area contributed by atoms with Gasteiger partial charge < -0.3 is 10.6 Å². The summed E-state index contributed by atoms with van der Waals surface area (Å²) in [5, 5.41) is 0. The summed E-state index contributed by atoms with van der Waals surface area (Å²) in [7, 11) is 0. The SMILES string of the molecule is CC#CC(=O)N1CC2CCC1(c1nc(-c3ccc(C(=O)Cc4ccccn4)cc3)c3c(N)nccn13)CC2. The summed E-state index contributed by atoms with van der Waals surface area (Å²) in [5.41, 5.74) is 9.40. The van der Waals surface area contributed by atoms with Crippen molar-refractivity contribution < 1.29 is 9.59 Å². The van der Waals surface area contributed by atoms with Crippen LogP contribution >= 0.6 is 0 Å². The molecule has 5 heterocycles. The van der Waals surface area contributed by atoms with Crippen molar-refractivity contribution >= 4 is 23.0 Å². The van der Waals surface area contributed by atoms with Gasteiger partial charge in [-0.1, -0.05) is 36.3 Å². The molecule has 0 radical (unpaired) electrons. The van der Waals surface area contributed by atoms with Crippen molar-refractivity contribution in [3.05, 3.63) is 78.1 Å². The van der Waals surface area contributed by atoms with Crippen molar-refractivity contribution in [2.24, 2.45) is 5.92 Å². The first-order chi connectivity index (χ1) is 18.5. The van der Waals surface area contributed by atoms with E-state index in [0.29, 0.717) is 35.1 Å². The fourth-order valence-corrected chi connectivity index (χ4v) is 6.01. The molecule has 3 aliphatic rings. The van der Waals surface area contributed by atoms with Gasteiger partial charge in [-0.3, -0.25) is 19.0 Å². The average Bonchev–Trinajstić information content (AvgIpc) is 3.36. The van der Waals surface area contributed by atoms with E-state index in [9.17, 15) is 9.59 Å². The molecule has 38 heavy (non-hydrogen) atoms. The first-order valence-corrected chi connectivity index (χ1v) is 12.9. The Bertz CT molecular complexity index is 1590. The lowest BCUT2D eigenvalue weighted by atomic mass is 9.69. The van der Waals surface area contributed by atoms with Gasteiger partial charge in [0.1, 0.15) is 28.4 Å². The summed E-state index contributed by atoms with van der Waals surface area (Å²) in [6.07, 6.45) is 9.21. The number of piperidine rings is 2. The lowest BCUT2D eigenvalue weighted by molar-refractivity contribution is -0.142. The molecule has 1 saturated carbocycles. The van der Waals surface area contributed by atoms with Crippen molar-refractivity contribution in [1.82, 2.24) is 24.3 Å². The molecule has 2 aliphatic heterocycles. The van der Waals surface area contributed by atoms with E-state index < -0.39 is 5.54 Å². The summed E-state index contributed by atoms with van der Waals surface area (Å²) < 4.78 is 1.99. The number of amides is 1. The first kappa shape index (κ1) is 23.9. The van der Waals surface area contributed by atoms with Gasteiger partial charge in [-0.2, -0.15) is 0 Å². The highest BCUT2D eigenvalue weighted by molar-refractivity contribution is 5.98. The van der Waals surface area contributed by atoms with Gasteiger partial charge in [0.25, 0.3) is 5.91 Å². The van der Waals surface area contributed by atoms with E-state index in [-0.39, 0.29) is 18.1 Å². The summed E-state index contributed by atoms with van der Waals surface area (Å²) >= 11 is 0. The third-order valence-corrected chi connectivity index (χ3v) is 7.91. The molecule has 190 valence electrons. The number of rotatable bonds is 5. The predicted octanol–water partition coefficient (Wildman–Crippen LogP) is 4.05. The number of anilines is 1. The molecule has 1 aromatic carbocycles. The minimum absolute atomic E-state index is 0.00383. The Morgan fingerprint density at radius 1 is 1.08 bits per heavy atom. The molecule has 2 bridgehead atoms. The smallest absolute Gasteiger partial charge is 0.299 e. The third-order valence-electron chi connectivity index (χ3n) is 7.91. The normalized spacial score (nSPS) is 20.2. The predicted molar refractivity (Wildman–Crippen MR) is 144 cm³/mol. The lowest BCUT2D eigenvalue weighted by Crippen LogP contribution is -2.58. The van der Waals surface area contributed by atoms with E-state index in [1.807, 2.05) is 58.0 Å². The molecule has 8 nitrogen and oxygen atoms in total. The standard InChI is InChI=1S/C30H28N6O2/c1-2-5-25(38)36-19-20-11-13-30(36,14-12-20)29-34-26(27-28(31)33-16-17-35(27)29)22-9-7-21(8-10-22)24(37)18-23-6-3-4-15-32-23/h3-4,6-10,15-17,20H,11-14,18-19H2,1H3,(H2,31,33). The van der Waals surface area contributed by atoms with Crippen LogP contribution in [0.5, 0.6) is 0 Å². The van der Waals surface area contributed by atoms with Crippen molar-refractivity contribution in [2.75, 3.05) is 12.3 Å². The van der Waals surface area contributed by atoms with Crippen LogP contribution in [-0.2, 0) is 16.8 Å². The van der Waals surface area contributed by atoms with Crippen LogP contribution in [0.25, 0.3) is 16.8 Å². The van der Waals surface area contributed by atoms with E-state index in [2.05, 4.69) is 21.8 Å². The number of hydrogen-bond acceptors (Lipinski definition) is 6. The molecule has 0 unspecified atom stereocenters. The van der Waals surface area contributed by atoms with E-state index in [1.54, 1.807) is 19.3 Å². The maximum atomic E-state index is 13.1. The topological polar surface area (TPSA) is 106 Å². The highest BCUT2D eigenvalue weighted by Crippen LogP contribution is 2.50. The van der Waals surface area contributed by atoms with Gasteiger partial charge in [-0.15, -0.1) is 0 Å². The van der Waals surface area contributed by atoms with Crippen LogP contribution in [0.2, 0.25) is 0 Å². The second-order valence-corrected chi connectivity index (χ2v) is 10.1. The Kier molecular flexibility index (Phi) is 5.91. The molecule has 1 amide bonds. The van der Waals surface area contributed by atoms with E-state index >= 15 is 0 Å². The second kappa shape index (κ2) is 9.42. The molecule has 1 aliphatic carbocycles. The molecule has 8 heteroatoms. The van der Waals surface area contributed by atoms with Crippen molar-refractivity contribution in [3.8, 4) is 23.1 Å². The summed E-state index contributed by atoms with van der Waals surface area (Å²) in [5.74, 6) is 7.01. The Balaban J connectivity index is 1.42. The number of nitrogen functional groups attached to an aromatic ring is 1. The van der Waals surface area contributed by atoms with Crippen molar-refractivity contribution in [1.29, 1.82) is 0 Å². The van der Waals surface area contributed by atoms with Gasteiger partial charge >= 0.3 is 0 Å². The number of Topliss-reactive ketones (excluding diaryl/α,β-unsaturated/α-hetero) is 1. The van der Waals surface area contributed by atoms with E-state index in [4.69, 9.17) is 10.7 Å². The maximum absolute atomic E-state index is 13.1. The number of ketones is 1. The quantitative estimate of drug-likeness (QED) is 0.325.